The number of carbonyl (C=O) groups is 2. The van der Waals surface area contributed by atoms with Crippen LogP contribution in [0.4, 0.5) is 16.2 Å². The Morgan fingerprint density at radius 3 is 2.25 bits per heavy atom. The topological polar surface area (TPSA) is 84.0 Å². The first-order chi connectivity index (χ1) is 15.0. The molecule has 2 amide bonds. The Labute approximate surface area is 189 Å². The second-order valence-corrected chi connectivity index (χ2v) is 10.5. The van der Waals surface area contributed by atoms with Gasteiger partial charge in [0.25, 0.3) is 0 Å². The van der Waals surface area contributed by atoms with Crippen molar-refractivity contribution in [3.8, 4) is 11.1 Å². The number of hydrogen-bond acceptors (Lipinski definition) is 5. The zero-order valence-electron chi connectivity index (χ0n) is 19.2. The molecule has 0 aliphatic carbocycles. The molecule has 2 aromatic carbocycles. The molecule has 0 spiro atoms. The van der Waals surface area contributed by atoms with E-state index in [1.807, 2.05) is 39.0 Å². The molecule has 0 bridgehead atoms. The molecule has 0 N–H and O–H groups in total. The largest absolute Gasteiger partial charge is 0.449 e. The van der Waals surface area contributed by atoms with Gasteiger partial charge < -0.3 is 9.64 Å². The highest BCUT2D eigenvalue weighted by atomic mass is 32.2. The molecule has 0 saturated carbocycles. The molecule has 1 heterocycles. The van der Waals surface area contributed by atoms with Crippen molar-refractivity contribution >= 4 is 33.2 Å². The lowest BCUT2D eigenvalue weighted by atomic mass is 10.0. The highest BCUT2D eigenvalue weighted by molar-refractivity contribution is 7.91. The van der Waals surface area contributed by atoms with Gasteiger partial charge in [0.15, 0.2) is 9.84 Å². The lowest BCUT2D eigenvalue weighted by Crippen LogP contribution is -2.51. The number of nitrogens with zero attached hydrogens (tertiary/aromatic N) is 2. The molecular weight excluding hydrogens is 428 g/mol. The minimum absolute atomic E-state index is 0.0424. The quantitative estimate of drug-likeness (QED) is 0.659. The van der Waals surface area contributed by atoms with Crippen molar-refractivity contribution in [2.24, 2.45) is 5.92 Å². The maximum absolute atomic E-state index is 12.6. The third-order valence-electron chi connectivity index (χ3n) is 5.34. The van der Waals surface area contributed by atoms with E-state index in [-0.39, 0.29) is 35.1 Å². The summed E-state index contributed by atoms with van der Waals surface area (Å²) in [5, 5.41) is 0. The second-order valence-electron chi connectivity index (χ2n) is 8.45. The number of ether oxygens (including phenoxy) is 1. The normalized spacial score (nSPS) is 16.1. The van der Waals surface area contributed by atoms with Crippen molar-refractivity contribution in [3.63, 3.8) is 0 Å². The van der Waals surface area contributed by atoms with Crippen LogP contribution in [-0.4, -0.2) is 45.4 Å². The Morgan fingerprint density at radius 1 is 1.06 bits per heavy atom. The molecule has 3 rings (SSSR count). The van der Waals surface area contributed by atoms with Crippen LogP contribution in [-0.2, 0) is 19.4 Å². The van der Waals surface area contributed by atoms with E-state index in [9.17, 15) is 18.0 Å². The Hall–Kier alpha value is -2.87. The van der Waals surface area contributed by atoms with Gasteiger partial charge in [-0.15, -0.1) is 0 Å². The van der Waals surface area contributed by atoms with E-state index in [4.69, 9.17) is 4.74 Å². The minimum atomic E-state index is -3.34. The summed E-state index contributed by atoms with van der Waals surface area (Å²) in [5.74, 6) is 0.0363. The summed E-state index contributed by atoms with van der Waals surface area (Å²) in [5.41, 5.74) is 2.85. The number of fused-ring (bicyclic) bond motifs is 1. The van der Waals surface area contributed by atoms with Gasteiger partial charge in [0.1, 0.15) is 0 Å². The van der Waals surface area contributed by atoms with Gasteiger partial charge in [0.2, 0.25) is 5.91 Å². The van der Waals surface area contributed by atoms with Crippen LogP contribution >= 0.6 is 0 Å². The van der Waals surface area contributed by atoms with Gasteiger partial charge in [0, 0.05) is 13.5 Å². The van der Waals surface area contributed by atoms with Gasteiger partial charge in [-0.2, -0.15) is 0 Å². The van der Waals surface area contributed by atoms with Crippen LogP contribution in [0.1, 0.15) is 34.6 Å². The minimum Gasteiger partial charge on any atom is -0.449 e. The Bertz CT molecular complexity index is 1110. The Kier molecular flexibility index (Phi) is 6.93. The first-order valence-electron chi connectivity index (χ1n) is 10.8. The number of anilines is 2. The van der Waals surface area contributed by atoms with E-state index < -0.39 is 15.9 Å². The molecule has 1 unspecified atom stereocenters. The lowest BCUT2D eigenvalue weighted by molar-refractivity contribution is -0.117. The first-order valence-corrected chi connectivity index (χ1v) is 12.4. The molecular formula is C24H30N2O5S. The highest BCUT2D eigenvalue weighted by Crippen LogP contribution is 2.39. The molecule has 172 valence electrons. The molecule has 8 heteroatoms. The van der Waals surface area contributed by atoms with Gasteiger partial charge >= 0.3 is 6.09 Å². The first kappa shape index (κ1) is 23.8. The Balaban J connectivity index is 2.02. The third kappa shape index (κ3) is 4.80. The zero-order valence-corrected chi connectivity index (χ0v) is 20.0. The van der Waals surface area contributed by atoms with E-state index in [2.05, 4.69) is 0 Å². The number of hydrogen-bond donors (Lipinski definition) is 0. The molecule has 1 aliphatic rings. The summed E-state index contributed by atoms with van der Waals surface area (Å²) >= 11 is 0. The number of benzene rings is 2. The Morgan fingerprint density at radius 2 is 1.69 bits per heavy atom. The smallest absolute Gasteiger partial charge is 0.414 e. The van der Waals surface area contributed by atoms with Gasteiger partial charge in [-0.1, -0.05) is 32.0 Å². The number of carbonyl (C=O) groups excluding carboxylic acids is 2. The van der Waals surface area contributed by atoms with E-state index in [0.29, 0.717) is 17.9 Å². The summed E-state index contributed by atoms with van der Waals surface area (Å²) in [7, 11) is -3.34. The number of sulfone groups is 1. The maximum atomic E-state index is 12.6. The van der Waals surface area contributed by atoms with Gasteiger partial charge in [-0.25, -0.2) is 13.2 Å². The monoisotopic (exact) mass is 458 g/mol. The van der Waals surface area contributed by atoms with Crippen molar-refractivity contribution in [3.05, 3.63) is 42.5 Å². The fraction of sp³-hybridized carbons (Fsp3) is 0.417. The van der Waals surface area contributed by atoms with Crippen molar-refractivity contribution in [2.75, 3.05) is 28.7 Å². The number of rotatable bonds is 5. The second kappa shape index (κ2) is 9.32. The number of amides is 2. The summed E-state index contributed by atoms with van der Waals surface area (Å²) in [4.78, 5) is 28.4. The summed E-state index contributed by atoms with van der Waals surface area (Å²) < 4.78 is 30.2. The molecule has 1 atom stereocenters. The van der Waals surface area contributed by atoms with E-state index in [1.165, 1.54) is 6.92 Å². The van der Waals surface area contributed by atoms with Crippen LogP contribution in [0, 0.1) is 5.92 Å². The summed E-state index contributed by atoms with van der Waals surface area (Å²) in [6, 6.07) is 12.1. The van der Waals surface area contributed by atoms with Crippen LogP contribution in [0.25, 0.3) is 11.1 Å². The highest BCUT2D eigenvalue weighted by Gasteiger charge is 2.34. The van der Waals surface area contributed by atoms with Gasteiger partial charge in [-0.05, 0) is 55.2 Å². The molecule has 7 nitrogen and oxygen atoms in total. The zero-order chi connectivity index (χ0) is 23.6. The third-order valence-corrected chi connectivity index (χ3v) is 7.44. The predicted molar refractivity (Wildman–Crippen MR) is 126 cm³/mol. The van der Waals surface area contributed by atoms with Crippen LogP contribution in [0.5, 0.6) is 0 Å². The molecule has 0 saturated heterocycles. The van der Waals surface area contributed by atoms with Crippen molar-refractivity contribution in [2.45, 2.75) is 45.6 Å². The van der Waals surface area contributed by atoms with E-state index in [1.54, 1.807) is 41.0 Å². The fourth-order valence-electron chi connectivity index (χ4n) is 4.05. The van der Waals surface area contributed by atoms with Crippen molar-refractivity contribution in [1.29, 1.82) is 0 Å². The maximum Gasteiger partial charge on any atom is 0.414 e. The van der Waals surface area contributed by atoms with E-state index >= 15 is 0 Å². The van der Waals surface area contributed by atoms with E-state index in [0.717, 1.165) is 11.1 Å². The molecule has 0 fully saturated rings. The van der Waals surface area contributed by atoms with Crippen molar-refractivity contribution < 1.29 is 22.7 Å². The predicted octanol–water partition coefficient (Wildman–Crippen LogP) is 4.50. The standard InChI is InChI=1S/C24H30N2O5S/c1-6-31-24(28)25-14-17(4)26(18(5)27)22-12-9-20(13-23(22)25)19-7-10-21(11-8-19)32(29,30)15-16(2)3/h7-13,16-17H,6,14-15H2,1-5H3. The summed E-state index contributed by atoms with van der Waals surface area (Å²) in [6.07, 6.45) is -0.462. The lowest BCUT2D eigenvalue weighted by Gasteiger charge is -2.40. The molecule has 0 radical (unpaired) electrons. The fourth-order valence-corrected chi connectivity index (χ4v) is 5.67. The summed E-state index contributed by atoms with van der Waals surface area (Å²) in [6.45, 7) is 9.46. The van der Waals surface area contributed by atoms with Crippen LogP contribution < -0.4 is 9.80 Å². The average Bonchev–Trinajstić information content (AvgIpc) is 2.72. The van der Waals surface area contributed by atoms with Gasteiger partial charge in [0.05, 0.1) is 34.7 Å². The average molecular weight is 459 g/mol. The molecule has 2 aromatic rings. The SMILES string of the molecule is CCOC(=O)N1CC(C)N(C(C)=O)c2ccc(-c3ccc(S(=O)(=O)CC(C)C)cc3)cc21. The van der Waals surface area contributed by atoms with Crippen LogP contribution in [0.2, 0.25) is 0 Å². The van der Waals surface area contributed by atoms with Gasteiger partial charge in [-0.3, -0.25) is 9.69 Å². The van der Waals surface area contributed by atoms with Crippen LogP contribution in [0.15, 0.2) is 47.4 Å². The molecule has 32 heavy (non-hydrogen) atoms. The van der Waals surface area contributed by atoms with Crippen molar-refractivity contribution in [1.82, 2.24) is 0 Å². The molecule has 0 aromatic heterocycles. The van der Waals surface area contributed by atoms with Crippen LogP contribution in [0.3, 0.4) is 0 Å². The molecule has 1 aliphatic heterocycles.